The van der Waals surface area contributed by atoms with E-state index in [1.54, 1.807) is 0 Å². The number of carbonyl (C=O) groups is 2. The van der Waals surface area contributed by atoms with E-state index in [4.69, 9.17) is 4.99 Å². The van der Waals surface area contributed by atoms with Crippen LogP contribution in [-0.2, 0) is 9.59 Å². The molecule has 4 rings (SSSR count). The van der Waals surface area contributed by atoms with Gasteiger partial charge in [0, 0.05) is 37.2 Å². The molecule has 0 atom stereocenters. The Morgan fingerprint density at radius 2 is 1.79 bits per heavy atom. The molecule has 2 heterocycles. The second kappa shape index (κ2) is 7.56. The third kappa shape index (κ3) is 3.97. The molecule has 2 aromatic rings. The van der Waals surface area contributed by atoms with Crippen LogP contribution in [0.3, 0.4) is 0 Å². The normalized spacial score (nSPS) is 18.6. The number of aliphatic imine (C=N–C) groups is 1. The number of benzene rings is 2. The summed E-state index contributed by atoms with van der Waals surface area (Å²) >= 11 is 0. The Labute approximate surface area is 164 Å². The molecular formula is C22H24N4O2. The Hall–Kier alpha value is -2.99. The molecule has 1 fully saturated rings. The average Bonchev–Trinajstić information content (AvgIpc) is 3.01. The van der Waals surface area contributed by atoms with E-state index in [1.807, 2.05) is 61.5 Å². The third-order valence-electron chi connectivity index (χ3n) is 5.32. The molecular weight excluding hydrogens is 352 g/mol. The largest absolute Gasteiger partial charge is 0.326 e. The van der Waals surface area contributed by atoms with Gasteiger partial charge in [-0.2, -0.15) is 0 Å². The van der Waals surface area contributed by atoms with Gasteiger partial charge in [-0.05, 0) is 19.1 Å². The smallest absolute Gasteiger partial charge is 0.272 e. The molecule has 28 heavy (non-hydrogen) atoms. The molecule has 0 bridgehead atoms. The summed E-state index contributed by atoms with van der Waals surface area (Å²) in [5, 5.41) is 5.99. The van der Waals surface area contributed by atoms with Crippen molar-refractivity contribution >= 4 is 23.2 Å². The van der Waals surface area contributed by atoms with Crippen molar-refractivity contribution in [3.63, 3.8) is 0 Å². The monoisotopic (exact) mass is 376 g/mol. The van der Waals surface area contributed by atoms with Gasteiger partial charge in [0.15, 0.2) is 0 Å². The first-order valence-corrected chi connectivity index (χ1v) is 9.60. The highest BCUT2D eigenvalue weighted by atomic mass is 16.2. The van der Waals surface area contributed by atoms with Crippen LogP contribution < -0.4 is 10.6 Å². The predicted octanol–water partition coefficient (Wildman–Crippen LogP) is 2.34. The van der Waals surface area contributed by atoms with Gasteiger partial charge in [0.25, 0.3) is 5.91 Å². The summed E-state index contributed by atoms with van der Waals surface area (Å²) in [6.07, 6.45) is 1.40. The summed E-state index contributed by atoms with van der Waals surface area (Å²) in [4.78, 5) is 31.6. The number of carbonyl (C=O) groups excluding carboxylic acids is 2. The highest BCUT2D eigenvalue weighted by molar-refractivity contribution is 6.46. The van der Waals surface area contributed by atoms with Crippen LogP contribution in [0, 0.1) is 6.92 Å². The lowest BCUT2D eigenvalue weighted by Gasteiger charge is -2.36. The molecule has 0 aliphatic carbocycles. The molecule has 6 nitrogen and oxygen atoms in total. The molecule has 2 aromatic carbocycles. The fourth-order valence-electron chi connectivity index (χ4n) is 3.71. The minimum Gasteiger partial charge on any atom is -0.326 e. The predicted molar refractivity (Wildman–Crippen MR) is 109 cm³/mol. The summed E-state index contributed by atoms with van der Waals surface area (Å²) in [7, 11) is 0. The van der Waals surface area contributed by atoms with Gasteiger partial charge >= 0.3 is 0 Å². The molecule has 6 heteroatoms. The van der Waals surface area contributed by atoms with Crippen molar-refractivity contribution in [3.05, 3.63) is 65.7 Å². The van der Waals surface area contributed by atoms with E-state index >= 15 is 0 Å². The van der Waals surface area contributed by atoms with Crippen LogP contribution in [0.25, 0.3) is 0 Å². The van der Waals surface area contributed by atoms with Gasteiger partial charge in [-0.25, -0.2) is 0 Å². The maximum absolute atomic E-state index is 12.5. The van der Waals surface area contributed by atoms with Crippen LogP contribution >= 0.6 is 0 Å². The van der Waals surface area contributed by atoms with Crippen LogP contribution in [0.1, 0.15) is 24.0 Å². The van der Waals surface area contributed by atoms with Crippen molar-refractivity contribution in [2.24, 2.45) is 4.99 Å². The molecule has 1 saturated heterocycles. The van der Waals surface area contributed by atoms with Crippen molar-refractivity contribution in [2.75, 3.05) is 25.0 Å². The number of anilines is 1. The number of hydrogen-bond acceptors (Lipinski definition) is 4. The number of likely N-dealkylation sites (tertiary alicyclic amines) is 1. The van der Waals surface area contributed by atoms with Gasteiger partial charge in [0.05, 0.1) is 6.54 Å². The van der Waals surface area contributed by atoms with E-state index in [1.165, 1.54) is 0 Å². The van der Waals surface area contributed by atoms with Crippen LogP contribution in [-0.4, -0.2) is 47.7 Å². The Morgan fingerprint density at radius 3 is 2.46 bits per heavy atom. The number of piperidine rings is 1. The number of aryl methyl sites for hydroxylation is 1. The number of nitrogens with one attached hydrogen (secondary N) is 2. The number of para-hydroxylation sites is 1. The molecule has 144 valence electrons. The summed E-state index contributed by atoms with van der Waals surface area (Å²) in [5.74, 6) is -0.138. The first-order chi connectivity index (χ1) is 13.5. The maximum atomic E-state index is 12.5. The van der Waals surface area contributed by atoms with E-state index in [0.717, 1.165) is 16.8 Å². The number of hydrogen-bond donors (Lipinski definition) is 2. The van der Waals surface area contributed by atoms with Gasteiger partial charge in [-0.15, -0.1) is 0 Å². The van der Waals surface area contributed by atoms with Crippen molar-refractivity contribution in [3.8, 4) is 0 Å². The lowest BCUT2D eigenvalue weighted by atomic mass is 9.98. The molecule has 2 amide bonds. The van der Waals surface area contributed by atoms with E-state index in [0.29, 0.717) is 38.2 Å². The fraction of sp³-hybridized carbons (Fsp3) is 0.318. The van der Waals surface area contributed by atoms with Crippen molar-refractivity contribution in [1.82, 2.24) is 10.2 Å². The molecule has 2 N–H and O–H groups in total. The minimum atomic E-state index is -0.538. The van der Waals surface area contributed by atoms with E-state index in [-0.39, 0.29) is 11.8 Å². The van der Waals surface area contributed by atoms with E-state index < -0.39 is 5.66 Å². The highest BCUT2D eigenvalue weighted by Gasteiger charge is 2.42. The van der Waals surface area contributed by atoms with Gasteiger partial charge < -0.3 is 10.6 Å². The Kier molecular flexibility index (Phi) is 4.96. The SMILES string of the molecule is Cc1ccc(C2=NC3(CCN(CC(=O)Nc4ccccc4)CC3)NC2=O)cc1. The summed E-state index contributed by atoms with van der Waals surface area (Å²) in [6, 6.07) is 17.3. The van der Waals surface area contributed by atoms with Gasteiger partial charge in [-0.3, -0.25) is 19.5 Å². The zero-order chi connectivity index (χ0) is 19.6. The summed E-state index contributed by atoms with van der Waals surface area (Å²) in [6.45, 7) is 3.79. The van der Waals surface area contributed by atoms with Crippen LogP contribution in [0.15, 0.2) is 59.6 Å². The topological polar surface area (TPSA) is 73.8 Å². The van der Waals surface area contributed by atoms with Gasteiger partial charge in [0.1, 0.15) is 11.4 Å². The minimum absolute atomic E-state index is 0.0264. The molecule has 2 aliphatic heterocycles. The zero-order valence-corrected chi connectivity index (χ0v) is 15.9. The van der Waals surface area contributed by atoms with Crippen molar-refractivity contribution in [1.29, 1.82) is 0 Å². The third-order valence-corrected chi connectivity index (χ3v) is 5.32. The van der Waals surface area contributed by atoms with E-state index in [2.05, 4.69) is 15.5 Å². The molecule has 0 unspecified atom stereocenters. The first-order valence-electron chi connectivity index (χ1n) is 9.60. The number of amides is 2. The van der Waals surface area contributed by atoms with Crippen LogP contribution in [0.4, 0.5) is 5.69 Å². The average molecular weight is 376 g/mol. The second-order valence-corrected chi connectivity index (χ2v) is 7.50. The molecule has 2 aliphatic rings. The number of nitrogens with zero attached hydrogens (tertiary/aromatic N) is 2. The standard InChI is InChI=1S/C22H24N4O2/c1-16-7-9-17(10-8-16)20-21(28)25-22(24-20)11-13-26(14-12-22)15-19(27)23-18-5-3-2-4-6-18/h2-10H,11-15H2,1H3,(H,23,27)(H,25,28). The lowest BCUT2D eigenvalue weighted by molar-refractivity contribution is -0.119. The highest BCUT2D eigenvalue weighted by Crippen LogP contribution is 2.28. The quantitative estimate of drug-likeness (QED) is 0.860. The number of rotatable bonds is 4. The zero-order valence-electron chi connectivity index (χ0n) is 15.9. The maximum Gasteiger partial charge on any atom is 0.272 e. The Morgan fingerprint density at radius 1 is 1.11 bits per heavy atom. The van der Waals surface area contributed by atoms with Crippen LogP contribution in [0.2, 0.25) is 0 Å². The van der Waals surface area contributed by atoms with Gasteiger partial charge in [0.2, 0.25) is 5.91 Å². The summed E-state index contributed by atoms with van der Waals surface area (Å²) < 4.78 is 0. The summed E-state index contributed by atoms with van der Waals surface area (Å²) in [5.41, 5.74) is 2.78. The Balaban J connectivity index is 1.36. The van der Waals surface area contributed by atoms with Gasteiger partial charge in [-0.1, -0.05) is 48.0 Å². The molecule has 0 saturated carbocycles. The molecule has 0 aromatic heterocycles. The Bertz CT molecular complexity index is 898. The molecule has 0 radical (unpaired) electrons. The van der Waals surface area contributed by atoms with Crippen molar-refractivity contribution in [2.45, 2.75) is 25.4 Å². The fourth-order valence-corrected chi connectivity index (χ4v) is 3.71. The lowest BCUT2D eigenvalue weighted by Crippen LogP contribution is -2.52. The van der Waals surface area contributed by atoms with E-state index in [9.17, 15) is 9.59 Å². The van der Waals surface area contributed by atoms with Crippen LogP contribution in [0.5, 0.6) is 0 Å². The first kappa shape index (κ1) is 18.4. The second-order valence-electron chi connectivity index (χ2n) is 7.50. The molecule has 1 spiro atoms. The van der Waals surface area contributed by atoms with Crippen molar-refractivity contribution < 1.29 is 9.59 Å².